The molecule has 9 nitrogen and oxygen atoms in total. The summed E-state index contributed by atoms with van der Waals surface area (Å²) in [5, 5.41) is 6.10. The molecule has 0 spiro atoms. The van der Waals surface area contributed by atoms with Crippen molar-refractivity contribution in [3.8, 4) is 0 Å². The van der Waals surface area contributed by atoms with Gasteiger partial charge in [-0.2, -0.15) is 17.8 Å². The average Bonchev–Trinajstić information content (AvgIpc) is 2.67. The van der Waals surface area contributed by atoms with E-state index in [1.807, 2.05) is 0 Å². The summed E-state index contributed by atoms with van der Waals surface area (Å²) in [6.45, 7) is 3.19. The molecule has 0 radical (unpaired) electrons. The molecule has 0 aliphatic heterocycles. The number of nitrogens with zero attached hydrogens (tertiary/aromatic N) is 3. The molecule has 1 amide bonds. The third-order valence-corrected chi connectivity index (χ3v) is 3.18. The summed E-state index contributed by atoms with van der Waals surface area (Å²) in [4.78, 5) is 15.0. The van der Waals surface area contributed by atoms with E-state index in [1.54, 1.807) is 18.6 Å². The van der Waals surface area contributed by atoms with Crippen molar-refractivity contribution in [1.82, 2.24) is 24.2 Å². The quantitative estimate of drug-likeness (QED) is 0.757. The smallest absolute Gasteiger partial charge is 0.422 e. The Hall–Kier alpha value is -1.68. The predicted molar refractivity (Wildman–Crippen MR) is 61.5 cm³/mol. The van der Waals surface area contributed by atoms with Crippen molar-refractivity contribution in [3.63, 3.8) is 0 Å². The molecule has 0 aromatic carbocycles. The standard InChI is InChI=1S/C8H15N5O4S/c1-6(2)17-8(14)12-18(15,16)13(3)4-7-9-5-10-11-7/h5-6H,4H2,1-3H3,(H,12,14)(H,9,10,11). The first-order chi connectivity index (χ1) is 8.31. The van der Waals surface area contributed by atoms with E-state index < -0.39 is 22.4 Å². The monoisotopic (exact) mass is 277 g/mol. The van der Waals surface area contributed by atoms with Crippen LogP contribution in [0.15, 0.2) is 6.33 Å². The van der Waals surface area contributed by atoms with Crippen LogP contribution in [0.4, 0.5) is 4.79 Å². The average molecular weight is 277 g/mol. The molecule has 1 rings (SSSR count). The Morgan fingerprint density at radius 3 is 2.78 bits per heavy atom. The highest BCUT2D eigenvalue weighted by molar-refractivity contribution is 7.87. The SMILES string of the molecule is CC(C)OC(=O)NS(=O)(=O)N(C)Cc1ncn[nH]1. The molecule has 0 saturated heterocycles. The molecule has 0 aliphatic rings. The number of aromatic nitrogens is 3. The zero-order valence-corrected chi connectivity index (χ0v) is 11.1. The fourth-order valence-corrected chi connectivity index (χ4v) is 1.73. The van der Waals surface area contributed by atoms with Gasteiger partial charge in [0.15, 0.2) is 0 Å². The second-order valence-electron chi connectivity index (χ2n) is 3.75. The number of amides is 1. The highest BCUT2D eigenvalue weighted by Gasteiger charge is 2.22. The Bertz CT molecular complexity index is 484. The summed E-state index contributed by atoms with van der Waals surface area (Å²) < 4.78 is 30.8. The third kappa shape index (κ3) is 4.30. The molecule has 0 saturated carbocycles. The first-order valence-corrected chi connectivity index (χ1v) is 6.54. The number of H-pyrrole nitrogens is 1. The minimum atomic E-state index is -3.96. The molecule has 10 heteroatoms. The maximum absolute atomic E-state index is 11.7. The molecular weight excluding hydrogens is 262 g/mol. The van der Waals surface area contributed by atoms with E-state index in [9.17, 15) is 13.2 Å². The van der Waals surface area contributed by atoms with Gasteiger partial charge in [-0.3, -0.25) is 5.10 Å². The van der Waals surface area contributed by atoms with Crippen LogP contribution in [-0.2, 0) is 21.5 Å². The first kappa shape index (κ1) is 14.4. The summed E-state index contributed by atoms with van der Waals surface area (Å²) in [5.74, 6) is 0.361. The number of hydrogen-bond donors (Lipinski definition) is 2. The van der Waals surface area contributed by atoms with Crippen LogP contribution in [0.5, 0.6) is 0 Å². The fourth-order valence-electron chi connectivity index (χ4n) is 1.02. The van der Waals surface area contributed by atoms with E-state index in [1.165, 1.54) is 13.4 Å². The van der Waals surface area contributed by atoms with Crippen molar-refractivity contribution in [2.45, 2.75) is 26.5 Å². The van der Waals surface area contributed by atoms with Crippen molar-refractivity contribution < 1.29 is 17.9 Å². The minimum absolute atomic E-state index is 0.0374. The number of aromatic amines is 1. The Kier molecular flexibility index (Phi) is 4.62. The number of ether oxygens (including phenoxy) is 1. The van der Waals surface area contributed by atoms with Gasteiger partial charge in [0.25, 0.3) is 0 Å². The molecule has 0 fully saturated rings. The second kappa shape index (κ2) is 5.78. The molecule has 2 N–H and O–H groups in total. The summed E-state index contributed by atoms with van der Waals surface area (Å²) >= 11 is 0. The molecule has 102 valence electrons. The van der Waals surface area contributed by atoms with Crippen LogP contribution in [0.1, 0.15) is 19.7 Å². The third-order valence-electron chi connectivity index (χ3n) is 1.80. The summed E-state index contributed by atoms with van der Waals surface area (Å²) in [5.41, 5.74) is 0. The highest BCUT2D eigenvalue weighted by atomic mass is 32.2. The van der Waals surface area contributed by atoms with Crippen LogP contribution < -0.4 is 4.72 Å². The predicted octanol–water partition coefficient (Wildman–Crippen LogP) is -0.384. The number of carbonyl (C=O) groups is 1. The van der Waals surface area contributed by atoms with Crippen molar-refractivity contribution in [3.05, 3.63) is 12.2 Å². The summed E-state index contributed by atoms with van der Waals surface area (Å²) in [7, 11) is -2.66. The number of carbonyl (C=O) groups excluding carboxylic acids is 1. The van der Waals surface area contributed by atoms with E-state index in [2.05, 4.69) is 19.9 Å². The molecular formula is C8H15N5O4S. The molecule has 1 aromatic rings. The first-order valence-electron chi connectivity index (χ1n) is 5.10. The molecule has 0 aliphatic carbocycles. The lowest BCUT2D eigenvalue weighted by atomic mass is 10.5. The number of rotatable bonds is 5. The van der Waals surface area contributed by atoms with Gasteiger partial charge in [0.2, 0.25) is 0 Å². The maximum atomic E-state index is 11.7. The fraction of sp³-hybridized carbons (Fsp3) is 0.625. The van der Waals surface area contributed by atoms with Gasteiger partial charge >= 0.3 is 16.3 Å². The van der Waals surface area contributed by atoms with E-state index in [0.717, 1.165) is 4.31 Å². The molecule has 18 heavy (non-hydrogen) atoms. The topological polar surface area (TPSA) is 117 Å². The van der Waals surface area contributed by atoms with Crippen molar-refractivity contribution in [1.29, 1.82) is 0 Å². The summed E-state index contributed by atoms with van der Waals surface area (Å²) in [6, 6.07) is 0. The van der Waals surface area contributed by atoms with Gasteiger partial charge < -0.3 is 4.74 Å². The Morgan fingerprint density at radius 2 is 2.28 bits per heavy atom. The van der Waals surface area contributed by atoms with Gasteiger partial charge in [-0.15, -0.1) is 0 Å². The molecule has 0 atom stereocenters. The zero-order valence-electron chi connectivity index (χ0n) is 10.2. The van der Waals surface area contributed by atoms with Gasteiger partial charge in [0, 0.05) is 7.05 Å². The van der Waals surface area contributed by atoms with Crippen LogP contribution in [-0.4, -0.2) is 47.1 Å². The Balaban J connectivity index is 2.60. The lowest BCUT2D eigenvalue weighted by molar-refractivity contribution is 0.121. The van der Waals surface area contributed by atoms with Gasteiger partial charge in [-0.25, -0.2) is 14.5 Å². The lowest BCUT2D eigenvalue weighted by Crippen LogP contribution is -2.42. The van der Waals surface area contributed by atoms with Gasteiger partial charge in [0.05, 0.1) is 12.6 Å². The number of nitrogens with one attached hydrogen (secondary N) is 2. The van der Waals surface area contributed by atoms with Crippen molar-refractivity contribution in [2.24, 2.45) is 0 Å². The highest BCUT2D eigenvalue weighted by Crippen LogP contribution is 2.01. The van der Waals surface area contributed by atoms with Crippen LogP contribution in [0.25, 0.3) is 0 Å². The Morgan fingerprint density at radius 1 is 1.61 bits per heavy atom. The summed E-state index contributed by atoms with van der Waals surface area (Å²) in [6.07, 6.45) is -0.162. The van der Waals surface area contributed by atoms with Gasteiger partial charge in [0.1, 0.15) is 12.2 Å². The van der Waals surface area contributed by atoms with Gasteiger partial charge in [-0.1, -0.05) is 0 Å². The second-order valence-corrected chi connectivity index (χ2v) is 5.53. The molecule has 1 aromatic heterocycles. The molecule has 0 unspecified atom stereocenters. The van der Waals surface area contributed by atoms with Crippen LogP contribution in [0.3, 0.4) is 0 Å². The maximum Gasteiger partial charge on any atom is 0.422 e. The normalized spacial score (nSPS) is 11.8. The lowest BCUT2D eigenvalue weighted by Gasteiger charge is -2.16. The largest absolute Gasteiger partial charge is 0.446 e. The Labute approximate surface area is 105 Å². The zero-order chi connectivity index (χ0) is 13.8. The van der Waals surface area contributed by atoms with E-state index >= 15 is 0 Å². The van der Waals surface area contributed by atoms with E-state index in [4.69, 9.17) is 0 Å². The van der Waals surface area contributed by atoms with Crippen molar-refractivity contribution in [2.75, 3.05) is 7.05 Å². The van der Waals surface area contributed by atoms with E-state index in [0.29, 0.717) is 5.82 Å². The number of hydrogen-bond acceptors (Lipinski definition) is 6. The molecule has 0 bridgehead atoms. The van der Waals surface area contributed by atoms with Crippen LogP contribution in [0.2, 0.25) is 0 Å². The van der Waals surface area contributed by atoms with Crippen LogP contribution in [0, 0.1) is 0 Å². The van der Waals surface area contributed by atoms with Gasteiger partial charge in [-0.05, 0) is 13.8 Å². The van der Waals surface area contributed by atoms with Crippen molar-refractivity contribution >= 4 is 16.3 Å². The van der Waals surface area contributed by atoms with Crippen LogP contribution >= 0.6 is 0 Å². The molecule has 1 heterocycles. The minimum Gasteiger partial charge on any atom is -0.446 e. The van der Waals surface area contributed by atoms with E-state index in [-0.39, 0.29) is 6.54 Å².